The third kappa shape index (κ3) is 2.72. The fraction of sp³-hybridized carbons (Fsp3) is 0.462. The molecular formula is C13H15NO3S. The number of benzene rings is 1. The summed E-state index contributed by atoms with van der Waals surface area (Å²) < 4.78 is 0. The Morgan fingerprint density at radius 3 is 2.83 bits per heavy atom. The summed E-state index contributed by atoms with van der Waals surface area (Å²) in [6, 6.07) is 4.51. The number of nitro groups is 1. The summed E-state index contributed by atoms with van der Waals surface area (Å²) in [7, 11) is 0. The van der Waals surface area contributed by atoms with Gasteiger partial charge in [0.1, 0.15) is 0 Å². The molecule has 0 spiro atoms. The van der Waals surface area contributed by atoms with Crippen LogP contribution in [0.15, 0.2) is 18.2 Å². The van der Waals surface area contributed by atoms with Crippen LogP contribution in [-0.2, 0) is 0 Å². The van der Waals surface area contributed by atoms with Crippen LogP contribution >= 0.6 is 11.8 Å². The summed E-state index contributed by atoms with van der Waals surface area (Å²) in [6.45, 7) is 1.82. The van der Waals surface area contributed by atoms with Crippen LogP contribution in [0, 0.1) is 17.0 Å². The predicted octanol–water partition coefficient (Wildman–Crippen LogP) is 3.37. The van der Waals surface area contributed by atoms with E-state index in [-0.39, 0.29) is 16.7 Å². The van der Waals surface area contributed by atoms with Crippen molar-refractivity contribution in [1.82, 2.24) is 0 Å². The fourth-order valence-corrected chi connectivity index (χ4v) is 3.38. The maximum atomic E-state index is 12.4. The smallest absolute Gasteiger partial charge is 0.270 e. The monoisotopic (exact) mass is 265 g/mol. The van der Waals surface area contributed by atoms with Gasteiger partial charge in [0.15, 0.2) is 5.78 Å². The molecule has 1 fully saturated rings. The Morgan fingerprint density at radius 2 is 2.22 bits per heavy atom. The van der Waals surface area contributed by atoms with E-state index in [1.807, 2.05) is 6.92 Å². The highest BCUT2D eigenvalue weighted by Crippen LogP contribution is 2.29. The number of thioether (sulfide) groups is 1. The van der Waals surface area contributed by atoms with Crippen molar-refractivity contribution in [2.24, 2.45) is 0 Å². The third-order valence-electron chi connectivity index (χ3n) is 3.17. The molecule has 1 aromatic carbocycles. The summed E-state index contributed by atoms with van der Waals surface area (Å²) in [6.07, 6.45) is 3.10. The fourth-order valence-electron chi connectivity index (χ4n) is 2.11. The molecule has 1 atom stereocenters. The second kappa shape index (κ2) is 5.52. The second-order valence-corrected chi connectivity index (χ2v) is 5.79. The van der Waals surface area contributed by atoms with Gasteiger partial charge in [-0.05, 0) is 31.1 Å². The summed E-state index contributed by atoms with van der Waals surface area (Å²) in [5, 5.41) is 10.7. The van der Waals surface area contributed by atoms with E-state index in [4.69, 9.17) is 0 Å². The number of nitrogens with zero attached hydrogens (tertiary/aromatic N) is 1. The average molecular weight is 265 g/mol. The molecule has 0 N–H and O–H groups in total. The number of non-ortho nitro benzene ring substituents is 1. The summed E-state index contributed by atoms with van der Waals surface area (Å²) in [5.41, 5.74) is 1.31. The van der Waals surface area contributed by atoms with Crippen LogP contribution in [-0.4, -0.2) is 21.7 Å². The number of carbonyl (C=O) groups excluding carboxylic acids is 1. The zero-order valence-corrected chi connectivity index (χ0v) is 11.0. The topological polar surface area (TPSA) is 60.2 Å². The molecule has 0 aliphatic carbocycles. The van der Waals surface area contributed by atoms with Gasteiger partial charge < -0.3 is 0 Å². The summed E-state index contributed by atoms with van der Waals surface area (Å²) in [4.78, 5) is 22.7. The highest BCUT2D eigenvalue weighted by atomic mass is 32.2. The molecule has 1 unspecified atom stereocenters. The number of nitro benzene ring substituents is 1. The highest BCUT2D eigenvalue weighted by Gasteiger charge is 2.25. The lowest BCUT2D eigenvalue weighted by atomic mass is 9.99. The van der Waals surface area contributed by atoms with Crippen molar-refractivity contribution < 1.29 is 9.72 Å². The van der Waals surface area contributed by atoms with Crippen LogP contribution in [0.2, 0.25) is 0 Å². The molecule has 0 radical (unpaired) electrons. The van der Waals surface area contributed by atoms with Crippen molar-refractivity contribution >= 4 is 23.2 Å². The summed E-state index contributed by atoms with van der Waals surface area (Å²) >= 11 is 1.67. The largest absolute Gasteiger partial charge is 0.293 e. The number of aryl methyl sites for hydroxylation is 1. The molecule has 1 aliphatic heterocycles. The Balaban J connectivity index is 2.28. The van der Waals surface area contributed by atoms with E-state index in [1.54, 1.807) is 17.8 Å². The van der Waals surface area contributed by atoms with Gasteiger partial charge in [-0.3, -0.25) is 14.9 Å². The number of hydrogen-bond acceptors (Lipinski definition) is 4. The zero-order chi connectivity index (χ0) is 13.1. The van der Waals surface area contributed by atoms with Gasteiger partial charge in [-0.15, -0.1) is 0 Å². The minimum absolute atomic E-state index is 0.00948. The van der Waals surface area contributed by atoms with E-state index in [0.29, 0.717) is 5.56 Å². The molecule has 1 aliphatic rings. The normalized spacial score (nSPS) is 19.5. The minimum atomic E-state index is -0.454. The van der Waals surface area contributed by atoms with Crippen LogP contribution in [0.5, 0.6) is 0 Å². The van der Waals surface area contributed by atoms with Gasteiger partial charge in [0.2, 0.25) is 0 Å². The molecule has 4 nitrogen and oxygen atoms in total. The maximum absolute atomic E-state index is 12.4. The average Bonchev–Trinajstić information content (AvgIpc) is 2.39. The molecule has 0 saturated carbocycles. The van der Waals surface area contributed by atoms with E-state index in [9.17, 15) is 14.9 Å². The van der Waals surface area contributed by atoms with Crippen LogP contribution < -0.4 is 0 Å². The van der Waals surface area contributed by atoms with Crippen molar-refractivity contribution in [1.29, 1.82) is 0 Å². The quantitative estimate of drug-likeness (QED) is 0.477. The molecule has 0 amide bonds. The first-order chi connectivity index (χ1) is 8.59. The Morgan fingerprint density at radius 1 is 1.44 bits per heavy atom. The molecule has 96 valence electrons. The number of ketones is 1. The van der Waals surface area contributed by atoms with Crippen molar-refractivity contribution in [3.8, 4) is 0 Å². The lowest BCUT2D eigenvalue weighted by Gasteiger charge is -2.20. The first kappa shape index (κ1) is 13.1. The molecule has 5 heteroatoms. The highest BCUT2D eigenvalue weighted by molar-refractivity contribution is 8.00. The summed E-state index contributed by atoms with van der Waals surface area (Å²) in [5.74, 6) is 1.05. The first-order valence-corrected chi connectivity index (χ1v) is 7.05. The van der Waals surface area contributed by atoms with E-state index >= 15 is 0 Å². The molecular weight excluding hydrogens is 250 g/mol. The van der Waals surface area contributed by atoms with Crippen LogP contribution in [0.25, 0.3) is 0 Å². The Kier molecular flexibility index (Phi) is 4.01. The van der Waals surface area contributed by atoms with Crippen LogP contribution in [0.1, 0.15) is 35.2 Å². The van der Waals surface area contributed by atoms with Gasteiger partial charge in [-0.2, -0.15) is 11.8 Å². The Bertz CT molecular complexity index is 481. The molecule has 18 heavy (non-hydrogen) atoms. The standard InChI is InChI=1S/C13H15NO3S/c1-9-5-6-10(14(16)17)8-11(9)13(15)12-4-2-3-7-18-12/h5-6,8,12H,2-4,7H2,1H3. The van der Waals surface area contributed by atoms with Crippen molar-refractivity contribution in [3.63, 3.8) is 0 Å². The molecule has 1 aromatic rings. The van der Waals surface area contributed by atoms with Gasteiger partial charge >= 0.3 is 0 Å². The molecule has 1 heterocycles. The number of rotatable bonds is 3. The van der Waals surface area contributed by atoms with Crippen molar-refractivity contribution in [2.45, 2.75) is 31.4 Å². The molecule has 2 rings (SSSR count). The number of hydrogen-bond donors (Lipinski definition) is 0. The van der Waals surface area contributed by atoms with E-state index < -0.39 is 4.92 Å². The van der Waals surface area contributed by atoms with Crippen molar-refractivity contribution in [2.75, 3.05) is 5.75 Å². The van der Waals surface area contributed by atoms with Crippen LogP contribution in [0.4, 0.5) is 5.69 Å². The molecule has 0 aromatic heterocycles. The molecule has 1 saturated heterocycles. The molecule has 0 bridgehead atoms. The van der Waals surface area contributed by atoms with E-state index in [1.165, 1.54) is 12.1 Å². The minimum Gasteiger partial charge on any atom is -0.293 e. The van der Waals surface area contributed by atoms with Gasteiger partial charge in [-0.25, -0.2) is 0 Å². The first-order valence-electron chi connectivity index (χ1n) is 6.00. The van der Waals surface area contributed by atoms with Gasteiger partial charge in [0.05, 0.1) is 10.2 Å². The number of carbonyl (C=O) groups is 1. The lowest BCUT2D eigenvalue weighted by molar-refractivity contribution is -0.384. The lowest BCUT2D eigenvalue weighted by Crippen LogP contribution is -2.21. The van der Waals surface area contributed by atoms with Crippen LogP contribution in [0.3, 0.4) is 0 Å². The van der Waals surface area contributed by atoms with E-state index in [2.05, 4.69) is 0 Å². The van der Waals surface area contributed by atoms with Crippen molar-refractivity contribution in [3.05, 3.63) is 39.4 Å². The Hall–Kier alpha value is -1.36. The number of Topliss-reactive ketones (excluding diaryl/α,β-unsaturated/α-hetero) is 1. The SMILES string of the molecule is Cc1ccc([N+](=O)[O-])cc1C(=O)C1CCCCS1. The predicted molar refractivity (Wildman–Crippen MR) is 72.3 cm³/mol. The Labute approximate surface area is 110 Å². The van der Waals surface area contributed by atoms with E-state index in [0.717, 1.165) is 30.6 Å². The maximum Gasteiger partial charge on any atom is 0.270 e. The second-order valence-electron chi connectivity index (χ2n) is 4.48. The van der Waals surface area contributed by atoms with Gasteiger partial charge in [-0.1, -0.05) is 12.5 Å². The third-order valence-corrected chi connectivity index (χ3v) is 4.55. The van der Waals surface area contributed by atoms with Gasteiger partial charge in [0, 0.05) is 17.7 Å². The zero-order valence-electron chi connectivity index (χ0n) is 10.2. The van der Waals surface area contributed by atoms with Gasteiger partial charge in [0.25, 0.3) is 5.69 Å².